The maximum Gasteiger partial charge on any atom is 0.221 e. The fourth-order valence-electron chi connectivity index (χ4n) is 0.784. The molecule has 0 aliphatic carbocycles. The first-order valence-corrected chi connectivity index (χ1v) is 4.30. The zero-order chi connectivity index (χ0) is 9.61. The number of hydrogen-bond donors (Lipinski definition) is 1. The van der Waals surface area contributed by atoms with E-state index >= 15 is 0 Å². The number of terminal acetylenes is 1. The van der Waals surface area contributed by atoms with Crippen molar-refractivity contribution in [3.8, 4) is 12.3 Å². The molecule has 2 heteroatoms. The Labute approximate surface area is 74.7 Å². The van der Waals surface area contributed by atoms with Gasteiger partial charge < -0.3 is 5.32 Å². The molecule has 0 aliphatic heterocycles. The molecule has 0 aromatic heterocycles. The zero-order valence-electron chi connectivity index (χ0n) is 8.11. The lowest BCUT2D eigenvalue weighted by Gasteiger charge is -2.19. The molecule has 0 radical (unpaired) electrons. The summed E-state index contributed by atoms with van der Waals surface area (Å²) in [5, 5.41) is 2.77. The second-order valence-corrected chi connectivity index (χ2v) is 3.42. The van der Waals surface area contributed by atoms with Gasteiger partial charge in [-0.2, -0.15) is 0 Å². The molecule has 68 valence electrons. The predicted molar refractivity (Wildman–Crippen MR) is 50.6 cm³/mol. The number of carbonyl (C=O) groups excluding carboxylic acids is 1. The van der Waals surface area contributed by atoms with Crippen LogP contribution < -0.4 is 5.32 Å². The Morgan fingerprint density at radius 3 is 2.58 bits per heavy atom. The molecule has 12 heavy (non-hydrogen) atoms. The molecule has 2 nitrogen and oxygen atoms in total. The summed E-state index contributed by atoms with van der Waals surface area (Å²) in [4.78, 5) is 11.2. The highest BCUT2D eigenvalue weighted by molar-refractivity contribution is 5.77. The summed E-state index contributed by atoms with van der Waals surface area (Å²) < 4.78 is 0. The molecule has 0 saturated carbocycles. The number of carbonyl (C=O) groups is 1. The van der Waals surface area contributed by atoms with Crippen LogP contribution in [0.4, 0.5) is 0 Å². The second kappa shape index (κ2) is 4.82. The van der Waals surface area contributed by atoms with Crippen LogP contribution in [0.5, 0.6) is 0 Å². The van der Waals surface area contributed by atoms with Crippen molar-refractivity contribution in [2.24, 2.45) is 0 Å². The first kappa shape index (κ1) is 11.0. The van der Waals surface area contributed by atoms with Crippen LogP contribution in [0, 0.1) is 12.3 Å². The molecule has 0 heterocycles. The van der Waals surface area contributed by atoms with Gasteiger partial charge in [-0.25, -0.2) is 0 Å². The maximum atomic E-state index is 11.2. The lowest BCUT2D eigenvalue weighted by molar-refractivity contribution is -0.122. The lowest BCUT2D eigenvalue weighted by Crippen LogP contribution is -2.41. The van der Waals surface area contributed by atoms with Crippen LogP contribution >= 0.6 is 0 Å². The smallest absolute Gasteiger partial charge is 0.221 e. The highest BCUT2D eigenvalue weighted by atomic mass is 16.1. The molecule has 1 amide bonds. The van der Waals surface area contributed by atoms with Crippen molar-refractivity contribution in [2.75, 3.05) is 0 Å². The molecule has 0 spiro atoms. The van der Waals surface area contributed by atoms with Crippen LogP contribution in [-0.2, 0) is 4.79 Å². The molecule has 0 aromatic rings. The van der Waals surface area contributed by atoms with Crippen molar-refractivity contribution in [1.82, 2.24) is 5.32 Å². The summed E-state index contributed by atoms with van der Waals surface area (Å²) in [6.07, 6.45) is 7.74. The van der Waals surface area contributed by atoms with E-state index in [1.807, 2.05) is 13.8 Å². The molecular formula is C10H17NO. The van der Waals surface area contributed by atoms with E-state index in [1.54, 1.807) is 0 Å². The first-order chi connectivity index (χ1) is 5.52. The SMILES string of the molecule is C#CC(C)(C)NC(=O)CCCC. The van der Waals surface area contributed by atoms with Gasteiger partial charge in [0.15, 0.2) is 0 Å². The Hall–Kier alpha value is -0.970. The Balaban J connectivity index is 3.78. The van der Waals surface area contributed by atoms with Crippen molar-refractivity contribution in [3.63, 3.8) is 0 Å². The van der Waals surface area contributed by atoms with Gasteiger partial charge >= 0.3 is 0 Å². The number of nitrogens with one attached hydrogen (secondary N) is 1. The first-order valence-electron chi connectivity index (χ1n) is 4.30. The van der Waals surface area contributed by atoms with Crippen LogP contribution in [0.3, 0.4) is 0 Å². The molecule has 0 atom stereocenters. The molecule has 0 saturated heterocycles. The van der Waals surface area contributed by atoms with Gasteiger partial charge in [0.1, 0.15) is 0 Å². The third-order valence-electron chi connectivity index (χ3n) is 1.57. The predicted octanol–water partition coefficient (Wildman–Crippen LogP) is 1.70. The van der Waals surface area contributed by atoms with Gasteiger partial charge in [-0.15, -0.1) is 6.42 Å². The highest BCUT2D eigenvalue weighted by Gasteiger charge is 2.15. The van der Waals surface area contributed by atoms with Crippen LogP contribution in [0.25, 0.3) is 0 Å². The van der Waals surface area contributed by atoms with Gasteiger partial charge in [0.25, 0.3) is 0 Å². The molecule has 0 unspecified atom stereocenters. The molecule has 0 bridgehead atoms. The van der Waals surface area contributed by atoms with Gasteiger partial charge in [-0.1, -0.05) is 19.3 Å². The van der Waals surface area contributed by atoms with E-state index in [4.69, 9.17) is 6.42 Å². The van der Waals surface area contributed by atoms with E-state index in [-0.39, 0.29) is 5.91 Å². The lowest BCUT2D eigenvalue weighted by atomic mass is 10.1. The Kier molecular flexibility index (Phi) is 4.43. The van der Waals surface area contributed by atoms with Gasteiger partial charge in [0, 0.05) is 6.42 Å². The summed E-state index contributed by atoms with van der Waals surface area (Å²) in [6, 6.07) is 0. The van der Waals surface area contributed by atoms with Crippen LogP contribution in [0.2, 0.25) is 0 Å². The van der Waals surface area contributed by atoms with Crippen molar-refractivity contribution >= 4 is 5.91 Å². The molecular weight excluding hydrogens is 150 g/mol. The maximum absolute atomic E-state index is 11.2. The van der Waals surface area contributed by atoms with Crippen LogP contribution in [-0.4, -0.2) is 11.4 Å². The topological polar surface area (TPSA) is 29.1 Å². The van der Waals surface area contributed by atoms with Crippen molar-refractivity contribution in [1.29, 1.82) is 0 Å². The quantitative estimate of drug-likeness (QED) is 0.634. The number of amides is 1. The average Bonchev–Trinajstić information content (AvgIpc) is 2.00. The van der Waals surface area contributed by atoms with Gasteiger partial charge in [-0.05, 0) is 20.3 Å². The Morgan fingerprint density at radius 2 is 2.17 bits per heavy atom. The second-order valence-electron chi connectivity index (χ2n) is 3.42. The minimum Gasteiger partial charge on any atom is -0.340 e. The normalized spacial score (nSPS) is 10.5. The molecule has 0 rings (SSSR count). The third kappa shape index (κ3) is 4.79. The van der Waals surface area contributed by atoms with E-state index < -0.39 is 5.54 Å². The van der Waals surface area contributed by atoms with Crippen LogP contribution in [0.1, 0.15) is 40.0 Å². The fraction of sp³-hybridized carbons (Fsp3) is 0.700. The van der Waals surface area contributed by atoms with Crippen molar-refractivity contribution in [2.45, 2.75) is 45.6 Å². The van der Waals surface area contributed by atoms with E-state index in [1.165, 1.54) is 0 Å². The zero-order valence-corrected chi connectivity index (χ0v) is 8.11. The van der Waals surface area contributed by atoms with E-state index in [0.717, 1.165) is 12.8 Å². The monoisotopic (exact) mass is 167 g/mol. The van der Waals surface area contributed by atoms with Crippen molar-refractivity contribution < 1.29 is 4.79 Å². The van der Waals surface area contributed by atoms with Gasteiger partial charge in [-0.3, -0.25) is 4.79 Å². The average molecular weight is 167 g/mol. The Morgan fingerprint density at radius 1 is 1.58 bits per heavy atom. The Bertz CT molecular complexity index is 189. The largest absolute Gasteiger partial charge is 0.340 e. The third-order valence-corrected chi connectivity index (χ3v) is 1.57. The standard InChI is InChI=1S/C10H17NO/c1-5-7-8-9(12)11-10(3,4)6-2/h2H,5,7-8H2,1,3-4H3,(H,11,12). The summed E-state index contributed by atoms with van der Waals surface area (Å²) in [6.45, 7) is 5.69. The molecule has 0 aromatic carbocycles. The molecule has 0 fully saturated rings. The number of unbranched alkanes of at least 4 members (excludes halogenated alkanes) is 1. The van der Waals surface area contributed by atoms with Gasteiger partial charge in [0.2, 0.25) is 5.91 Å². The summed E-state index contributed by atoms with van der Waals surface area (Å²) in [5.74, 6) is 2.56. The van der Waals surface area contributed by atoms with E-state index in [2.05, 4.69) is 18.2 Å². The minimum atomic E-state index is -0.509. The highest BCUT2D eigenvalue weighted by Crippen LogP contribution is 2.01. The molecule has 1 N–H and O–H groups in total. The van der Waals surface area contributed by atoms with Crippen molar-refractivity contribution in [3.05, 3.63) is 0 Å². The van der Waals surface area contributed by atoms with Crippen LogP contribution in [0.15, 0.2) is 0 Å². The molecule has 0 aliphatic rings. The number of rotatable bonds is 4. The van der Waals surface area contributed by atoms with Gasteiger partial charge in [0.05, 0.1) is 5.54 Å². The summed E-state index contributed by atoms with van der Waals surface area (Å²) >= 11 is 0. The minimum absolute atomic E-state index is 0.0415. The fourth-order valence-corrected chi connectivity index (χ4v) is 0.784. The van der Waals surface area contributed by atoms with E-state index in [9.17, 15) is 4.79 Å². The summed E-state index contributed by atoms with van der Waals surface area (Å²) in [7, 11) is 0. The number of hydrogen-bond acceptors (Lipinski definition) is 1. The van der Waals surface area contributed by atoms with E-state index in [0.29, 0.717) is 6.42 Å². The summed E-state index contributed by atoms with van der Waals surface area (Å²) in [5.41, 5.74) is -0.509.